The number of carbonyl (C=O) groups is 2. The van der Waals surface area contributed by atoms with E-state index < -0.39 is 5.97 Å². The lowest BCUT2D eigenvalue weighted by molar-refractivity contribution is -0.700. The number of ketones is 1. The molecule has 5 nitrogen and oxygen atoms in total. The lowest BCUT2D eigenvalue weighted by atomic mass is 10.1. The van der Waals surface area contributed by atoms with Gasteiger partial charge in [-0.2, -0.15) is 4.57 Å². The average molecular weight is 237 g/mol. The van der Waals surface area contributed by atoms with Crippen LogP contribution >= 0.6 is 0 Å². The maximum absolute atomic E-state index is 11.6. The fourth-order valence-electron chi connectivity index (χ4n) is 1.70. The molecule has 0 N–H and O–H groups in total. The van der Waals surface area contributed by atoms with Crippen molar-refractivity contribution >= 4 is 11.8 Å². The molecule has 1 aromatic rings. The number of hydrogen-bond donors (Lipinski definition) is 0. The number of carbonyl (C=O) groups excluding carboxylic acids is 2. The van der Waals surface area contributed by atoms with Crippen LogP contribution in [0, 0.1) is 0 Å². The molecular formula is C12H15NO4. The number of aromatic nitrogens is 1. The SMILES string of the molecule is COCC[n+]1cccc(CC(=O)[O-])c1C(C)=O. The lowest BCUT2D eigenvalue weighted by Gasteiger charge is -2.07. The Kier molecular flexibility index (Phi) is 4.78. The first-order valence-corrected chi connectivity index (χ1v) is 5.27. The largest absolute Gasteiger partial charge is 0.550 e. The molecule has 92 valence electrons. The minimum absolute atomic E-state index is 0.169. The van der Waals surface area contributed by atoms with E-state index in [-0.39, 0.29) is 12.2 Å². The van der Waals surface area contributed by atoms with Crippen LogP contribution in [0.4, 0.5) is 0 Å². The van der Waals surface area contributed by atoms with E-state index in [4.69, 9.17) is 4.74 Å². The van der Waals surface area contributed by atoms with Gasteiger partial charge in [-0.1, -0.05) is 0 Å². The van der Waals surface area contributed by atoms with Gasteiger partial charge in [-0.25, -0.2) is 0 Å². The summed E-state index contributed by atoms with van der Waals surface area (Å²) in [6, 6.07) is 3.33. The summed E-state index contributed by atoms with van der Waals surface area (Å²) < 4.78 is 6.64. The van der Waals surface area contributed by atoms with Crippen LogP contribution in [0.3, 0.4) is 0 Å². The van der Waals surface area contributed by atoms with Crippen molar-refractivity contribution in [1.82, 2.24) is 0 Å². The van der Waals surface area contributed by atoms with Crippen molar-refractivity contribution in [2.75, 3.05) is 13.7 Å². The van der Waals surface area contributed by atoms with Gasteiger partial charge in [-0.3, -0.25) is 4.79 Å². The van der Waals surface area contributed by atoms with Crippen LogP contribution in [-0.4, -0.2) is 25.5 Å². The summed E-state index contributed by atoms with van der Waals surface area (Å²) in [5, 5.41) is 10.6. The summed E-state index contributed by atoms with van der Waals surface area (Å²) in [6.45, 7) is 2.38. The van der Waals surface area contributed by atoms with Crippen LogP contribution in [-0.2, 0) is 22.5 Å². The van der Waals surface area contributed by atoms with Crippen LogP contribution in [0.15, 0.2) is 18.3 Å². The first kappa shape index (κ1) is 13.3. The molecular weight excluding hydrogens is 222 g/mol. The van der Waals surface area contributed by atoms with E-state index in [9.17, 15) is 14.7 Å². The maximum Gasteiger partial charge on any atom is 0.251 e. The Labute approximate surface area is 99.6 Å². The van der Waals surface area contributed by atoms with Crippen molar-refractivity contribution < 1.29 is 24.0 Å². The van der Waals surface area contributed by atoms with Gasteiger partial charge in [0.2, 0.25) is 5.78 Å². The Bertz CT molecular complexity index is 429. The third-order valence-electron chi connectivity index (χ3n) is 2.36. The maximum atomic E-state index is 11.6. The summed E-state index contributed by atoms with van der Waals surface area (Å²) >= 11 is 0. The highest BCUT2D eigenvalue weighted by Crippen LogP contribution is 2.05. The van der Waals surface area contributed by atoms with Gasteiger partial charge in [0.05, 0.1) is 0 Å². The standard InChI is InChI=1S/C12H15NO4/c1-9(14)12-10(8-11(15)16)4-3-5-13(12)6-7-17-2/h3-5H,6-8H2,1-2H3. The van der Waals surface area contributed by atoms with E-state index in [0.717, 1.165) is 0 Å². The highest BCUT2D eigenvalue weighted by molar-refractivity contribution is 5.93. The highest BCUT2D eigenvalue weighted by atomic mass is 16.5. The molecule has 1 rings (SSSR count). The van der Waals surface area contributed by atoms with Crippen LogP contribution in [0.1, 0.15) is 23.0 Å². The van der Waals surface area contributed by atoms with Crippen molar-refractivity contribution in [1.29, 1.82) is 0 Å². The molecule has 0 spiro atoms. The van der Waals surface area contributed by atoms with Gasteiger partial charge in [-0.15, -0.1) is 0 Å². The fraction of sp³-hybridized carbons (Fsp3) is 0.417. The first-order chi connectivity index (χ1) is 8.06. The number of rotatable bonds is 6. The van der Waals surface area contributed by atoms with E-state index in [2.05, 4.69) is 0 Å². The zero-order valence-electron chi connectivity index (χ0n) is 9.93. The predicted octanol–water partition coefficient (Wildman–Crippen LogP) is -0.884. The number of hydrogen-bond acceptors (Lipinski definition) is 4. The van der Waals surface area contributed by atoms with Crippen LogP contribution in [0.5, 0.6) is 0 Å². The summed E-state index contributed by atoms with van der Waals surface area (Å²) in [4.78, 5) is 22.2. The Morgan fingerprint density at radius 3 is 2.71 bits per heavy atom. The molecule has 0 bridgehead atoms. The molecule has 5 heteroatoms. The highest BCUT2D eigenvalue weighted by Gasteiger charge is 2.20. The number of Topliss-reactive ketones (excluding diaryl/α,β-unsaturated/α-hetero) is 1. The number of nitrogens with zero attached hydrogens (tertiary/aromatic N) is 1. The van der Waals surface area contributed by atoms with Crippen molar-refractivity contribution in [3.8, 4) is 0 Å². The molecule has 0 aliphatic carbocycles. The summed E-state index contributed by atoms with van der Waals surface area (Å²) in [5.41, 5.74) is 0.866. The summed E-state index contributed by atoms with van der Waals surface area (Å²) in [5.74, 6) is -1.37. The first-order valence-electron chi connectivity index (χ1n) is 5.27. The zero-order chi connectivity index (χ0) is 12.8. The third kappa shape index (κ3) is 3.64. The van der Waals surface area contributed by atoms with Gasteiger partial charge in [0.15, 0.2) is 12.7 Å². The number of carboxylic acid groups (broad SMARTS) is 1. The Hall–Kier alpha value is -1.75. The molecule has 0 saturated carbocycles. The number of ether oxygens (including phenoxy) is 1. The molecule has 0 fully saturated rings. The molecule has 0 aromatic carbocycles. The van der Waals surface area contributed by atoms with E-state index >= 15 is 0 Å². The monoisotopic (exact) mass is 237 g/mol. The molecule has 0 radical (unpaired) electrons. The minimum atomic E-state index is -1.20. The molecule has 1 heterocycles. The van der Waals surface area contributed by atoms with Gasteiger partial charge >= 0.3 is 0 Å². The molecule has 0 amide bonds. The number of carboxylic acids is 1. The normalized spacial score (nSPS) is 10.2. The van der Waals surface area contributed by atoms with E-state index in [1.165, 1.54) is 6.92 Å². The minimum Gasteiger partial charge on any atom is -0.550 e. The van der Waals surface area contributed by atoms with Crippen LogP contribution < -0.4 is 9.67 Å². The zero-order valence-corrected chi connectivity index (χ0v) is 9.93. The van der Waals surface area contributed by atoms with Crippen molar-refractivity contribution in [3.63, 3.8) is 0 Å². The quantitative estimate of drug-likeness (QED) is 0.475. The average Bonchev–Trinajstić information content (AvgIpc) is 2.25. The van der Waals surface area contributed by atoms with Gasteiger partial charge in [0.25, 0.3) is 5.69 Å². The second kappa shape index (κ2) is 6.10. The van der Waals surface area contributed by atoms with Crippen molar-refractivity contribution in [3.05, 3.63) is 29.6 Å². The lowest BCUT2D eigenvalue weighted by Crippen LogP contribution is -2.43. The van der Waals surface area contributed by atoms with E-state index in [0.29, 0.717) is 24.4 Å². The Morgan fingerprint density at radius 2 is 2.18 bits per heavy atom. The van der Waals surface area contributed by atoms with Crippen molar-refractivity contribution in [2.24, 2.45) is 0 Å². The molecule has 0 unspecified atom stereocenters. The van der Waals surface area contributed by atoms with Gasteiger partial charge < -0.3 is 14.6 Å². The van der Waals surface area contributed by atoms with Gasteiger partial charge in [0.1, 0.15) is 6.61 Å². The molecule has 0 atom stereocenters. The Balaban J connectivity index is 3.12. The fourth-order valence-corrected chi connectivity index (χ4v) is 1.70. The summed E-state index contributed by atoms with van der Waals surface area (Å²) in [6.07, 6.45) is 1.47. The molecule has 0 aliphatic heterocycles. The van der Waals surface area contributed by atoms with E-state index in [1.54, 1.807) is 30.0 Å². The second-order valence-corrected chi connectivity index (χ2v) is 3.67. The van der Waals surface area contributed by atoms with Crippen LogP contribution in [0.25, 0.3) is 0 Å². The number of aliphatic carboxylic acids is 1. The van der Waals surface area contributed by atoms with Crippen LogP contribution in [0.2, 0.25) is 0 Å². The second-order valence-electron chi connectivity index (χ2n) is 3.67. The molecule has 0 aliphatic rings. The van der Waals surface area contributed by atoms with E-state index in [1.807, 2.05) is 0 Å². The predicted molar refractivity (Wildman–Crippen MR) is 57.2 cm³/mol. The summed E-state index contributed by atoms with van der Waals surface area (Å²) in [7, 11) is 1.57. The Morgan fingerprint density at radius 1 is 1.47 bits per heavy atom. The van der Waals surface area contributed by atoms with Gasteiger partial charge in [0, 0.05) is 38.1 Å². The number of pyridine rings is 1. The number of methoxy groups -OCH3 is 1. The van der Waals surface area contributed by atoms with Crippen molar-refractivity contribution in [2.45, 2.75) is 19.9 Å². The molecule has 17 heavy (non-hydrogen) atoms. The smallest absolute Gasteiger partial charge is 0.251 e. The topological polar surface area (TPSA) is 70.3 Å². The molecule has 0 saturated heterocycles. The third-order valence-corrected chi connectivity index (χ3v) is 2.36. The molecule has 1 aromatic heterocycles. The van der Waals surface area contributed by atoms with Gasteiger partial charge in [-0.05, 0) is 6.07 Å².